The third-order valence-electron chi connectivity index (χ3n) is 2.50. The number of hydrogen-bond donors (Lipinski definition) is 1. The molecule has 0 aliphatic rings. The summed E-state index contributed by atoms with van der Waals surface area (Å²) in [6.45, 7) is 4.89. The molecule has 2 nitrogen and oxygen atoms in total. The second-order valence-electron chi connectivity index (χ2n) is 3.86. The zero-order chi connectivity index (χ0) is 12.0. The molecule has 0 aliphatic carbocycles. The van der Waals surface area contributed by atoms with Gasteiger partial charge in [0.2, 0.25) is 0 Å². The molecule has 1 rings (SSSR count). The van der Waals surface area contributed by atoms with E-state index in [-0.39, 0.29) is 12.1 Å². The lowest BCUT2D eigenvalue weighted by molar-refractivity contribution is 0.0380. The number of hydrogen-bond acceptors (Lipinski definition) is 3. The minimum absolute atomic E-state index is 0.0645. The van der Waals surface area contributed by atoms with Crippen molar-refractivity contribution in [3.05, 3.63) is 21.3 Å². The summed E-state index contributed by atoms with van der Waals surface area (Å²) in [5, 5.41) is 0. The number of halogens is 1. The van der Waals surface area contributed by atoms with Crippen LogP contribution in [0.3, 0.4) is 0 Å². The van der Waals surface area contributed by atoms with Crippen molar-refractivity contribution in [3.8, 4) is 0 Å². The average molecular weight is 262 g/mol. The topological polar surface area (TPSA) is 35.2 Å². The van der Waals surface area contributed by atoms with E-state index in [2.05, 4.69) is 6.92 Å². The molecule has 4 heteroatoms. The van der Waals surface area contributed by atoms with Gasteiger partial charge in [0.05, 0.1) is 10.4 Å². The Morgan fingerprint density at radius 3 is 2.69 bits per heavy atom. The third-order valence-corrected chi connectivity index (χ3v) is 3.75. The van der Waals surface area contributed by atoms with Crippen molar-refractivity contribution in [1.82, 2.24) is 0 Å². The van der Waals surface area contributed by atoms with Crippen LogP contribution in [0.25, 0.3) is 0 Å². The number of nitrogens with two attached hydrogens (primary N) is 1. The van der Waals surface area contributed by atoms with Crippen molar-refractivity contribution in [2.45, 2.75) is 45.3 Å². The smallest absolute Gasteiger partial charge is 0.0931 e. The molecular weight excluding hydrogens is 242 g/mol. The standard InChI is InChI=1S/C12H20ClNOS/c1-3-5-11(15-4-2)10(14)8-9-6-7-12(13)16-9/h6-7,10-11H,3-5,8,14H2,1-2H3. The Kier molecular flexibility index (Phi) is 6.36. The van der Waals surface area contributed by atoms with Crippen LogP contribution in [-0.2, 0) is 11.2 Å². The van der Waals surface area contributed by atoms with Crippen molar-refractivity contribution < 1.29 is 4.74 Å². The summed E-state index contributed by atoms with van der Waals surface area (Å²) < 4.78 is 6.49. The summed E-state index contributed by atoms with van der Waals surface area (Å²) in [5.74, 6) is 0. The fraction of sp³-hybridized carbons (Fsp3) is 0.667. The molecule has 0 radical (unpaired) electrons. The van der Waals surface area contributed by atoms with Crippen LogP contribution in [0.2, 0.25) is 4.34 Å². The van der Waals surface area contributed by atoms with Crippen molar-refractivity contribution in [3.63, 3.8) is 0 Å². The van der Waals surface area contributed by atoms with Crippen molar-refractivity contribution in [2.24, 2.45) is 5.73 Å². The Morgan fingerprint density at radius 1 is 1.44 bits per heavy atom. The molecule has 1 aromatic heterocycles. The van der Waals surface area contributed by atoms with Crippen LogP contribution in [0.15, 0.2) is 12.1 Å². The van der Waals surface area contributed by atoms with Gasteiger partial charge in [-0.1, -0.05) is 24.9 Å². The van der Waals surface area contributed by atoms with E-state index in [1.54, 1.807) is 11.3 Å². The molecule has 1 aromatic rings. The highest BCUT2D eigenvalue weighted by Crippen LogP contribution is 2.23. The molecule has 0 saturated carbocycles. The molecule has 0 aliphatic heterocycles. The zero-order valence-corrected chi connectivity index (χ0v) is 11.5. The Hall–Kier alpha value is -0.0900. The minimum Gasteiger partial charge on any atom is -0.377 e. The molecule has 16 heavy (non-hydrogen) atoms. The first-order valence-electron chi connectivity index (χ1n) is 5.78. The highest BCUT2D eigenvalue weighted by molar-refractivity contribution is 7.16. The lowest BCUT2D eigenvalue weighted by Gasteiger charge is -2.22. The Bertz CT molecular complexity index is 297. The summed E-state index contributed by atoms with van der Waals surface area (Å²) in [4.78, 5) is 1.23. The molecule has 2 atom stereocenters. The van der Waals surface area contributed by atoms with Gasteiger partial charge in [0.25, 0.3) is 0 Å². The normalized spacial score (nSPS) is 15.0. The zero-order valence-electron chi connectivity index (χ0n) is 9.91. The Balaban J connectivity index is 2.50. The summed E-state index contributed by atoms with van der Waals surface area (Å²) in [5.41, 5.74) is 6.17. The Morgan fingerprint density at radius 2 is 2.19 bits per heavy atom. The largest absolute Gasteiger partial charge is 0.377 e. The van der Waals surface area contributed by atoms with Crippen LogP contribution in [0.1, 0.15) is 31.6 Å². The summed E-state index contributed by atoms with van der Waals surface area (Å²) in [6, 6.07) is 4.03. The van der Waals surface area contributed by atoms with Crippen LogP contribution < -0.4 is 5.73 Å². The minimum atomic E-state index is 0.0645. The predicted octanol–water partition coefficient (Wildman–Crippen LogP) is 3.48. The van der Waals surface area contributed by atoms with Gasteiger partial charge in [-0.05, 0) is 31.9 Å². The molecule has 2 unspecified atom stereocenters. The van der Waals surface area contributed by atoms with Crippen molar-refractivity contribution in [1.29, 1.82) is 0 Å². The molecule has 1 heterocycles. The van der Waals surface area contributed by atoms with Gasteiger partial charge in [0.15, 0.2) is 0 Å². The van der Waals surface area contributed by atoms with Gasteiger partial charge < -0.3 is 10.5 Å². The molecule has 92 valence electrons. The highest BCUT2D eigenvalue weighted by atomic mass is 35.5. The summed E-state index contributed by atoms with van der Waals surface area (Å²) in [7, 11) is 0. The first kappa shape index (κ1) is 14.0. The van der Waals surface area contributed by atoms with Crippen LogP contribution >= 0.6 is 22.9 Å². The van der Waals surface area contributed by atoms with Crippen LogP contribution in [0.5, 0.6) is 0 Å². The summed E-state index contributed by atoms with van der Waals surface area (Å²) >= 11 is 7.49. The maximum Gasteiger partial charge on any atom is 0.0931 e. The number of thiophene rings is 1. The van der Waals surface area contributed by atoms with Gasteiger partial charge in [-0.25, -0.2) is 0 Å². The van der Waals surface area contributed by atoms with Crippen LogP contribution in [-0.4, -0.2) is 18.8 Å². The van der Waals surface area contributed by atoms with E-state index >= 15 is 0 Å². The van der Waals surface area contributed by atoms with E-state index in [0.29, 0.717) is 0 Å². The average Bonchev–Trinajstić information content (AvgIpc) is 2.63. The van der Waals surface area contributed by atoms with Gasteiger partial charge in [0, 0.05) is 17.5 Å². The number of ether oxygens (including phenoxy) is 1. The van der Waals surface area contributed by atoms with Gasteiger partial charge in [-0.2, -0.15) is 0 Å². The van der Waals surface area contributed by atoms with Crippen LogP contribution in [0.4, 0.5) is 0 Å². The van der Waals surface area contributed by atoms with Gasteiger partial charge in [0.1, 0.15) is 0 Å². The second kappa shape index (κ2) is 7.28. The van der Waals surface area contributed by atoms with Gasteiger partial charge >= 0.3 is 0 Å². The van der Waals surface area contributed by atoms with E-state index in [0.717, 1.165) is 30.2 Å². The quantitative estimate of drug-likeness (QED) is 0.816. The molecule has 0 fully saturated rings. The van der Waals surface area contributed by atoms with Crippen LogP contribution in [0, 0.1) is 0 Å². The van der Waals surface area contributed by atoms with Crippen molar-refractivity contribution in [2.75, 3.05) is 6.61 Å². The van der Waals surface area contributed by atoms with E-state index in [4.69, 9.17) is 22.1 Å². The molecule has 0 saturated heterocycles. The predicted molar refractivity (Wildman–Crippen MR) is 71.3 cm³/mol. The van der Waals surface area contributed by atoms with E-state index in [1.165, 1.54) is 4.88 Å². The second-order valence-corrected chi connectivity index (χ2v) is 5.66. The molecule has 2 N–H and O–H groups in total. The van der Waals surface area contributed by atoms with Gasteiger partial charge in [-0.3, -0.25) is 0 Å². The first-order valence-corrected chi connectivity index (χ1v) is 6.98. The van der Waals surface area contributed by atoms with Gasteiger partial charge in [-0.15, -0.1) is 11.3 Å². The van der Waals surface area contributed by atoms with E-state index in [1.807, 2.05) is 19.1 Å². The maximum atomic E-state index is 6.17. The Labute approximate surface area is 107 Å². The molecule has 0 bridgehead atoms. The lowest BCUT2D eigenvalue weighted by Crippen LogP contribution is -2.38. The first-order chi connectivity index (χ1) is 7.67. The molecule has 0 aromatic carbocycles. The fourth-order valence-corrected chi connectivity index (χ4v) is 2.90. The molecular formula is C12H20ClNOS. The van der Waals surface area contributed by atoms with E-state index in [9.17, 15) is 0 Å². The summed E-state index contributed by atoms with van der Waals surface area (Å²) in [6.07, 6.45) is 3.13. The number of rotatable bonds is 7. The highest BCUT2D eigenvalue weighted by Gasteiger charge is 2.18. The molecule has 0 spiro atoms. The fourth-order valence-electron chi connectivity index (χ4n) is 1.74. The monoisotopic (exact) mass is 261 g/mol. The third kappa shape index (κ3) is 4.42. The molecule has 0 amide bonds. The lowest BCUT2D eigenvalue weighted by atomic mass is 10.0. The maximum absolute atomic E-state index is 6.17. The van der Waals surface area contributed by atoms with Crippen molar-refractivity contribution >= 4 is 22.9 Å². The van der Waals surface area contributed by atoms with E-state index < -0.39 is 0 Å². The SMILES string of the molecule is CCCC(OCC)C(N)Cc1ccc(Cl)s1.